The number of nitrogens with zero attached hydrogens (tertiary/aromatic N) is 3. The molecule has 0 saturated heterocycles. The molecule has 9 heteroatoms. The molecule has 170 valence electrons. The number of rotatable bonds is 6. The Bertz CT molecular complexity index is 1190. The maximum Gasteiger partial charge on any atom is 0.258 e. The number of amides is 1. The summed E-state index contributed by atoms with van der Waals surface area (Å²) in [6.45, 7) is 7.42. The van der Waals surface area contributed by atoms with Gasteiger partial charge in [0.25, 0.3) is 5.91 Å². The van der Waals surface area contributed by atoms with Gasteiger partial charge >= 0.3 is 0 Å². The number of nitrogens with two attached hydrogens (primary N) is 1. The lowest BCUT2D eigenvalue weighted by atomic mass is 9.92. The van der Waals surface area contributed by atoms with Gasteiger partial charge < -0.3 is 15.8 Å². The monoisotopic (exact) mass is 459 g/mol. The van der Waals surface area contributed by atoms with Gasteiger partial charge in [0, 0.05) is 29.9 Å². The van der Waals surface area contributed by atoms with Crippen molar-refractivity contribution in [1.29, 1.82) is 0 Å². The fraction of sp³-hybridized carbons (Fsp3) is 0.435. The largest absolute Gasteiger partial charge is 0.490 e. The van der Waals surface area contributed by atoms with Crippen molar-refractivity contribution in [2.75, 3.05) is 5.73 Å². The van der Waals surface area contributed by atoms with Crippen LogP contribution in [0.15, 0.2) is 18.5 Å². The van der Waals surface area contributed by atoms with Gasteiger partial charge in [0.15, 0.2) is 5.82 Å². The second kappa shape index (κ2) is 8.58. The van der Waals surface area contributed by atoms with E-state index in [0.717, 1.165) is 25.0 Å². The van der Waals surface area contributed by atoms with Crippen molar-refractivity contribution in [3.05, 3.63) is 51.9 Å². The number of halogens is 2. The summed E-state index contributed by atoms with van der Waals surface area (Å²) >= 11 is 6.27. The van der Waals surface area contributed by atoms with Crippen LogP contribution in [-0.2, 0) is 0 Å². The lowest BCUT2D eigenvalue weighted by Gasteiger charge is -2.28. The number of benzene rings is 1. The van der Waals surface area contributed by atoms with E-state index in [1.165, 1.54) is 6.07 Å². The number of carbonyl (C=O) groups excluding carboxylic acids is 1. The zero-order valence-corrected chi connectivity index (χ0v) is 19.3. The fourth-order valence-corrected chi connectivity index (χ4v) is 4.25. The lowest BCUT2D eigenvalue weighted by molar-refractivity contribution is 0.0906. The molecule has 4 rings (SSSR count). The Labute approximate surface area is 191 Å². The standard InChI is InChI=1S/C23H27ClFN5O2/c1-11(2)32-20-15(10-16(24)18(25)17(20)23(31)29-14-6-5-7-14)12(3)22-28-13(4)19-21(26)27-8-9-30(19)22/h8-12,14H,5-7H2,1-4H3,(H2,26,27)(H,29,31)/t12-/m0/s1. The molecule has 0 radical (unpaired) electrons. The third-order valence-electron chi connectivity index (χ3n) is 5.86. The van der Waals surface area contributed by atoms with Gasteiger partial charge in [0.1, 0.15) is 28.5 Å². The molecule has 0 aliphatic heterocycles. The van der Waals surface area contributed by atoms with Crippen molar-refractivity contribution < 1.29 is 13.9 Å². The van der Waals surface area contributed by atoms with E-state index in [2.05, 4.69) is 10.3 Å². The number of hydrogen-bond acceptors (Lipinski definition) is 5. The third kappa shape index (κ3) is 3.88. The van der Waals surface area contributed by atoms with Crippen LogP contribution in [0.25, 0.3) is 5.52 Å². The molecule has 2 heterocycles. The molecule has 0 spiro atoms. The third-order valence-corrected chi connectivity index (χ3v) is 6.14. The molecule has 1 aliphatic rings. The van der Waals surface area contributed by atoms with Crippen LogP contribution in [0.4, 0.5) is 10.2 Å². The molecule has 1 fully saturated rings. The van der Waals surface area contributed by atoms with Gasteiger partial charge in [-0.05, 0) is 46.1 Å². The molecule has 1 atom stereocenters. The molecular weight excluding hydrogens is 433 g/mol. The minimum atomic E-state index is -0.785. The Morgan fingerprint density at radius 3 is 2.72 bits per heavy atom. The van der Waals surface area contributed by atoms with Gasteiger partial charge in [-0.25, -0.2) is 14.4 Å². The molecule has 1 saturated carbocycles. The number of nitrogens with one attached hydrogen (secondary N) is 1. The maximum atomic E-state index is 15.2. The Balaban J connectivity index is 1.88. The highest BCUT2D eigenvalue weighted by atomic mass is 35.5. The van der Waals surface area contributed by atoms with Gasteiger partial charge in [0.05, 0.1) is 16.8 Å². The highest BCUT2D eigenvalue weighted by molar-refractivity contribution is 6.31. The highest BCUT2D eigenvalue weighted by Crippen LogP contribution is 2.40. The minimum Gasteiger partial charge on any atom is -0.490 e. The maximum absolute atomic E-state index is 15.2. The van der Waals surface area contributed by atoms with Crippen LogP contribution in [0.2, 0.25) is 5.02 Å². The number of aromatic nitrogens is 3. The van der Waals surface area contributed by atoms with Crippen molar-refractivity contribution in [1.82, 2.24) is 19.7 Å². The lowest BCUT2D eigenvalue weighted by Crippen LogP contribution is -2.40. The fourth-order valence-electron chi connectivity index (χ4n) is 4.04. The molecule has 1 aromatic carbocycles. The van der Waals surface area contributed by atoms with E-state index in [0.29, 0.717) is 22.7 Å². The van der Waals surface area contributed by atoms with Crippen LogP contribution in [-0.4, -0.2) is 32.4 Å². The summed E-state index contributed by atoms with van der Waals surface area (Å²) in [5.41, 5.74) is 7.89. The average molecular weight is 460 g/mol. The van der Waals surface area contributed by atoms with Gasteiger partial charge in [0.2, 0.25) is 0 Å². The van der Waals surface area contributed by atoms with Crippen LogP contribution in [0, 0.1) is 12.7 Å². The number of nitrogen functional groups attached to an aromatic ring is 1. The van der Waals surface area contributed by atoms with Crippen molar-refractivity contribution in [2.45, 2.75) is 65.0 Å². The van der Waals surface area contributed by atoms with E-state index in [9.17, 15) is 4.79 Å². The summed E-state index contributed by atoms with van der Waals surface area (Å²) < 4.78 is 23.0. The number of ether oxygens (including phenoxy) is 1. The van der Waals surface area contributed by atoms with E-state index < -0.39 is 11.7 Å². The second-order valence-corrected chi connectivity index (χ2v) is 8.95. The van der Waals surface area contributed by atoms with Crippen LogP contribution >= 0.6 is 11.6 Å². The van der Waals surface area contributed by atoms with Gasteiger partial charge in [-0.15, -0.1) is 0 Å². The van der Waals surface area contributed by atoms with E-state index >= 15 is 4.39 Å². The van der Waals surface area contributed by atoms with E-state index in [-0.39, 0.29) is 34.4 Å². The predicted octanol–water partition coefficient (Wildman–Crippen LogP) is 4.63. The second-order valence-electron chi connectivity index (χ2n) is 8.54. The molecule has 0 bridgehead atoms. The summed E-state index contributed by atoms with van der Waals surface area (Å²) in [4.78, 5) is 21.9. The number of aryl methyl sites for hydroxylation is 1. The zero-order chi connectivity index (χ0) is 23.2. The average Bonchev–Trinajstić information content (AvgIpc) is 3.04. The topological polar surface area (TPSA) is 94.5 Å². The van der Waals surface area contributed by atoms with Crippen LogP contribution in [0.5, 0.6) is 5.75 Å². The molecule has 0 unspecified atom stereocenters. The summed E-state index contributed by atoms with van der Waals surface area (Å²) in [6.07, 6.45) is 5.90. The van der Waals surface area contributed by atoms with E-state index in [1.807, 2.05) is 32.1 Å². The molecule has 3 aromatic rings. The zero-order valence-electron chi connectivity index (χ0n) is 18.6. The SMILES string of the molecule is Cc1nc([C@@H](C)c2cc(Cl)c(F)c(C(=O)NC3CCC3)c2OC(C)C)n2ccnc(N)c12. The Kier molecular flexibility index (Phi) is 5.99. The first-order valence-corrected chi connectivity index (χ1v) is 11.1. The number of hydrogen-bond donors (Lipinski definition) is 2. The molecule has 3 N–H and O–H groups in total. The molecule has 1 aliphatic carbocycles. The summed E-state index contributed by atoms with van der Waals surface area (Å²) in [5, 5.41) is 2.76. The summed E-state index contributed by atoms with van der Waals surface area (Å²) in [5.74, 6) is -0.465. The van der Waals surface area contributed by atoms with E-state index in [4.69, 9.17) is 27.1 Å². The van der Waals surface area contributed by atoms with Crippen LogP contribution < -0.4 is 15.8 Å². The van der Waals surface area contributed by atoms with Crippen LogP contribution in [0.1, 0.15) is 73.4 Å². The van der Waals surface area contributed by atoms with Gasteiger partial charge in [-0.3, -0.25) is 9.20 Å². The Morgan fingerprint density at radius 1 is 1.38 bits per heavy atom. The molecule has 32 heavy (non-hydrogen) atoms. The molecule has 1 amide bonds. The number of anilines is 1. The smallest absolute Gasteiger partial charge is 0.258 e. The molecule has 7 nitrogen and oxygen atoms in total. The molecular formula is C23H27ClFN5O2. The van der Waals surface area contributed by atoms with E-state index in [1.54, 1.807) is 12.4 Å². The minimum absolute atomic E-state index is 0.0445. The first kappa shape index (κ1) is 22.3. The van der Waals surface area contributed by atoms with Gasteiger partial charge in [-0.1, -0.05) is 18.5 Å². The quantitative estimate of drug-likeness (QED) is 0.560. The van der Waals surface area contributed by atoms with Gasteiger partial charge in [-0.2, -0.15) is 0 Å². The first-order valence-electron chi connectivity index (χ1n) is 10.8. The van der Waals surface area contributed by atoms with Crippen molar-refractivity contribution in [2.24, 2.45) is 0 Å². The van der Waals surface area contributed by atoms with Crippen molar-refractivity contribution in [3.63, 3.8) is 0 Å². The number of carbonyl (C=O) groups is 1. The summed E-state index contributed by atoms with van der Waals surface area (Å²) in [6, 6.07) is 1.56. The Hall–Kier alpha value is -2.87. The van der Waals surface area contributed by atoms with Crippen molar-refractivity contribution in [3.8, 4) is 5.75 Å². The Morgan fingerprint density at radius 2 is 2.09 bits per heavy atom. The number of fused-ring (bicyclic) bond motifs is 1. The normalized spacial score (nSPS) is 15.1. The molecule has 2 aromatic heterocycles. The van der Waals surface area contributed by atoms with Crippen LogP contribution in [0.3, 0.4) is 0 Å². The predicted molar refractivity (Wildman–Crippen MR) is 122 cm³/mol. The highest BCUT2D eigenvalue weighted by Gasteiger charge is 2.31. The summed E-state index contributed by atoms with van der Waals surface area (Å²) in [7, 11) is 0. The van der Waals surface area contributed by atoms with Crippen molar-refractivity contribution >= 4 is 28.8 Å². The first-order chi connectivity index (χ1) is 15.2. The number of imidazole rings is 1.